The zero-order valence-electron chi connectivity index (χ0n) is 13.2. The molecule has 0 fully saturated rings. The highest BCUT2D eigenvalue weighted by molar-refractivity contribution is 7.71. The SMILES string of the molecule is N#CCOc1ccc(/C=N\n2c(-c3ccc(Cl)cc3Cl)n[nH]c2=S)cc1. The van der Waals surface area contributed by atoms with Crippen LogP contribution in [0.4, 0.5) is 0 Å². The third-order valence-corrected chi connectivity index (χ3v) is 4.14. The maximum absolute atomic E-state index is 8.52. The number of hydrogen-bond acceptors (Lipinski definition) is 5. The molecule has 1 heterocycles. The molecule has 0 aliphatic heterocycles. The van der Waals surface area contributed by atoms with Gasteiger partial charge in [-0.05, 0) is 60.2 Å². The summed E-state index contributed by atoms with van der Waals surface area (Å²) in [5.41, 5.74) is 1.48. The average Bonchev–Trinajstić information content (AvgIpc) is 2.99. The molecule has 0 aliphatic carbocycles. The fourth-order valence-corrected chi connectivity index (χ4v) is 2.81. The number of nitrogens with zero attached hydrogens (tertiary/aromatic N) is 4. The standard InChI is InChI=1S/C17H11Cl2N5OS/c18-12-3-6-14(15(19)9-12)16-22-23-17(26)24(16)21-10-11-1-4-13(5-2-11)25-8-7-20/h1-6,9-10H,8H2,(H,23,26)/b21-10-. The number of aromatic amines is 1. The minimum Gasteiger partial charge on any atom is -0.479 e. The minimum absolute atomic E-state index is 0.00281. The Bertz CT molecular complexity index is 1050. The number of ether oxygens (including phenoxy) is 1. The van der Waals surface area contributed by atoms with Crippen LogP contribution in [0.3, 0.4) is 0 Å². The number of aromatic nitrogens is 3. The van der Waals surface area contributed by atoms with E-state index in [0.29, 0.717) is 32.0 Å². The molecule has 0 spiro atoms. The van der Waals surface area contributed by atoms with Crippen LogP contribution >= 0.6 is 35.4 Å². The van der Waals surface area contributed by atoms with Gasteiger partial charge in [0.1, 0.15) is 11.8 Å². The summed E-state index contributed by atoms with van der Waals surface area (Å²) in [5, 5.41) is 20.8. The molecule has 3 aromatic rings. The van der Waals surface area contributed by atoms with Gasteiger partial charge in [-0.15, -0.1) is 0 Å². The van der Waals surface area contributed by atoms with E-state index >= 15 is 0 Å². The number of nitriles is 1. The Morgan fingerprint density at radius 2 is 2.04 bits per heavy atom. The molecule has 0 unspecified atom stereocenters. The van der Waals surface area contributed by atoms with E-state index in [2.05, 4.69) is 15.3 Å². The number of rotatable bonds is 5. The Morgan fingerprint density at radius 3 is 2.73 bits per heavy atom. The molecule has 0 saturated heterocycles. The van der Waals surface area contributed by atoms with Crippen molar-refractivity contribution < 1.29 is 4.74 Å². The fraction of sp³-hybridized carbons (Fsp3) is 0.0588. The van der Waals surface area contributed by atoms with Crippen molar-refractivity contribution in [1.29, 1.82) is 5.26 Å². The normalized spacial score (nSPS) is 10.8. The molecule has 0 bridgehead atoms. The average molecular weight is 404 g/mol. The molecule has 0 amide bonds. The van der Waals surface area contributed by atoms with E-state index in [-0.39, 0.29) is 6.61 Å². The maximum Gasteiger partial charge on any atom is 0.216 e. The number of hydrogen-bond donors (Lipinski definition) is 1. The highest BCUT2D eigenvalue weighted by Crippen LogP contribution is 2.29. The van der Waals surface area contributed by atoms with Crippen LogP contribution in [0, 0.1) is 16.1 Å². The molecule has 6 nitrogen and oxygen atoms in total. The third kappa shape index (κ3) is 4.11. The Morgan fingerprint density at radius 1 is 1.27 bits per heavy atom. The van der Waals surface area contributed by atoms with Gasteiger partial charge in [0, 0.05) is 10.6 Å². The van der Waals surface area contributed by atoms with Gasteiger partial charge in [0.05, 0.1) is 11.2 Å². The van der Waals surface area contributed by atoms with E-state index in [1.54, 1.807) is 36.5 Å². The van der Waals surface area contributed by atoms with Crippen LogP contribution in [-0.2, 0) is 0 Å². The van der Waals surface area contributed by atoms with E-state index in [1.807, 2.05) is 18.2 Å². The lowest BCUT2D eigenvalue weighted by molar-refractivity contribution is 0.368. The largest absolute Gasteiger partial charge is 0.479 e. The highest BCUT2D eigenvalue weighted by Gasteiger charge is 2.12. The summed E-state index contributed by atoms with van der Waals surface area (Å²) in [4.78, 5) is 0. The number of benzene rings is 2. The van der Waals surface area contributed by atoms with Gasteiger partial charge in [-0.25, -0.2) is 5.10 Å². The summed E-state index contributed by atoms with van der Waals surface area (Å²) in [5.74, 6) is 1.08. The number of H-pyrrole nitrogens is 1. The zero-order chi connectivity index (χ0) is 18.5. The second kappa shape index (κ2) is 8.15. The zero-order valence-corrected chi connectivity index (χ0v) is 15.5. The summed E-state index contributed by atoms with van der Waals surface area (Å²) < 4.78 is 7.02. The van der Waals surface area contributed by atoms with E-state index in [1.165, 1.54) is 4.68 Å². The van der Waals surface area contributed by atoms with E-state index in [0.717, 1.165) is 5.56 Å². The third-order valence-electron chi connectivity index (χ3n) is 3.33. The van der Waals surface area contributed by atoms with Crippen molar-refractivity contribution in [3.8, 4) is 23.2 Å². The van der Waals surface area contributed by atoms with Gasteiger partial charge in [0.2, 0.25) is 4.77 Å². The summed E-state index contributed by atoms with van der Waals surface area (Å²) in [6.07, 6.45) is 1.63. The molecular weight excluding hydrogens is 393 g/mol. The van der Waals surface area contributed by atoms with Gasteiger partial charge in [-0.3, -0.25) is 0 Å². The van der Waals surface area contributed by atoms with Gasteiger partial charge in [-0.2, -0.15) is 20.1 Å². The van der Waals surface area contributed by atoms with Gasteiger partial charge < -0.3 is 4.74 Å². The topological polar surface area (TPSA) is 79.0 Å². The minimum atomic E-state index is 0.00281. The molecule has 2 aromatic carbocycles. The monoisotopic (exact) mass is 403 g/mol. The summed E-state index contributed by atoms with van der Waals surface area (Å²) in [7, 11) is 0. The van der Waals surface area contributed by atoms with Crippen molar-refractivity contribution in [3.05, 3.63) is 62.8 Å². The quantitative estimate of drug-likeness (QED) is 0.494. The van der Waals surface area contributed by atoms with Gasteiger partial charge in [0.25, 0.3) is 0 Å². The molecule has 0 radical (unpaired) electrons. The van der Waals surface area contributed by atoms with Crippen molar-refractivity contribution in [1.82, 2.24) is 14.9 Å². The molecule has 9 heteroatoms. The van der Waals surface area contributed by atoms with E-state index < -0.39 is 0 Å². The Labute approximate surface area is 164 Å². The molecule has 0 saturated carbocycles. The first-order chi connectivity index (χ1) is 12.6. The van der Waals surface area contributed by atoms with Crippen LogP contribution in [0.15, 0.2) is 47.6 Å². The molecule has 26 heavy (non-hydrogen) atoms. The van der Waals surface area contributed by atoms with Crippen LogP contribution in [0.25, 0.3) is 11.4 Å². The Balaban J connectivity index is 1.89. The van der Waals surface area contributed by atoms with Crippen molar-refractivity contribution >= 4 is 41.6 Å². The molecule has 0 atom stereocenters. The Kier molecular flexibility index (Phi) is 5.68. The lowest BCUT2D eigenvalue weighted by Gasteiger charge is -2.04. The predicted octanol–water partition coefficient (Wildman–Crippen LogP) is 4.70. The smallest absolute Gasteiger partial charge is 0.216 e. The van der Waals surface area contributed by atoms with Crippen molar-refractivity contribution in [2.45, 2.75) is 0 Å². The second-order valence-corrected chi connectivity index (χ2v) is 6.28. The molecular formula is C17H11Cl2N5OS. The number of nitrogens with one attached hydrogen (secondary N) is 1. The first kappa shape index (κ1) is 18.1. The van der Waals surface area contributed by atoms with Crippen molar-refractivity contribution in [3.63, 3.8) is 0 Å². The molecule has 130 valence electrons. The molecule has 3 rings (SSSR count). The summed E-state index contributed by atoms with van der Waals surface area (Å²) in [6.45, 7) is 0.00281. The Hall–Kier alpha value is -2.66. The second-order valence-electron chi connectivity index (χ2n) is 5.05. The first-order valence-electron chi connectivity index (χ1n) is 7.35. The molecule has 1 N–H and O–H groups in total. The number of halogens is 2. The van der Waals surface area contributed by atoms with Crippen LogP contribution in [-0.4, -0.2) is 27.7 Å². The summed E-state index contributed by atoms with van der Waals surface area (Å²) in [6, 6.07) is 14.2. The van der Waals surface area contributed by atoms with Gasteiger partial charge >= 0.3 is 0 Å². The van der Waals surface area contributed by atoms with Crippen LogP contribution in [0.5, 0.6) is 5.75 Å². The fourth-order valence-electron chi connectivity index (χ4n) is 2.13. The highest BCUT2D eigenvalue weighted by atomic mass is 35.5. The lowest BCUT2D eigenvalue weighted by Crippen LogP contribution is -1.96. The molecule has 1 aromatic heterocycles. The summed E-state index contributed by atoms with van der Waals surface area (Å²) >= 11 is 17.4. The predicted molar refractivity (Wildman–Crippen MR) is 103 cm³/mol. The lowest BCUT2D eigenvalue weighted by atomic mass is 10.2. The maximum atomic E-state index is 8.52. The van der Waals surface area contributed by atoms with Gasteiger partial charge in [0.15, 0.2) is 12.4 Å². The van der Waals surface area contributed by atoms with E-state index in [9.17, 15) is 0 Å². The van der Waals surface area contributed by atoms with Crippen LogP contribution in [0.2, 0.25) is 10.0 Å². The van der Waals surface area contributed by atoms with E-state index in [4.69, 9.17) is 45.4 Å². The van der Waals surface area contributed by atoms with Crippen molar-refractivity contribution in [2.75, 3.05) is 6.61 Å². The van der Waals surface area contributed by atoms with Gasteiger partial charge in [-0.1, -0.05) is 23.2 Å². The van der Waals surface area contributed by atoms with Crippen LogP contribution < -0.4 is 4.74 Å². The molecule has 0 aliphatic rings. The first-order valence-corrected chi connectivity index (χ1v) is 8.52. The van der Waals surface area contributed by atoms with Crippen LogP contribution in [0.1, 0.15) is 5.56 Å². The van der Waals surface area contributed by atoms with Crippen molar-refractivity contribution in [2.24, 2.45) is 5.10 Å².